The third kappa shape index (κ3) is 18.4. The summed E-state index contributed by atoms with van der Waals surface area (Å²) in [6.07, 6.45) is 0. The van der Waals surface area contributed by atoms with E-state index >= 15 is 0 Å². The molecule has 4 aromatic carbocycles. The first-order chi connectivity index (χ1) is 24.0. The van der Waals surface area contributed by atoms with E-state index in [-0.39, 0.29) is 0 Å². The Balaban J connectivity index is 0.000000366. The molecule has 2 heterocycles. The van der Waals surface area contributed by atoms with Crippen molar-refractivity contribution in [1.29, 1.82) is 0 Å². The molecule has 6 rings (SSSR count). The minimum atomic E-state index is -2.51. The van der Waals surface area contributed by atoms with Crippen LogP contribution in [0.3, 0.4) is 0 Å². The fourth-order valence-corrected chi connectivity index (χ4v) is 4.98. The van der Waals surface area contributed by atoms with Crippen LogP contribution in [0.25, 0.3) is 21.5 Å². The maximum absolute atomic E-state index is 8.89. The van der Waals surface area contributed by atoms with Crippen molar-refractivity contribution in [2.75, 3.05) is 52.6 Å². The van der Waals surface area contributed by atoms with Gasteiger partial charge in [0.1, 0.15) is 0 Å². The van der Waals surface area contributed by atoms with Gasteiger partial charge in [-0.25, -0.2) is 0 Å². The van der Waals surface area contributed by atoms with E-state index in [9.17, 15) is 0 Å². The molecular weight excluding hydrogens is 1100 g/mol. The van der Waals surface area contributed by atoms with Crippen LogP contribution >= 0.6 is 0 Å². The van der Waals surface area contributed by atoms with E-state index in [0.717, 1.165) is 90.7 Å². The molecule has 0 amide bonds. The number of carboxylic acids is 2. The number of aliphatic carboxylic acids is 2. The Hall–Kier alpha value is -2.92. The average molecular weight is 1150 g/mol. The fourth-order valence-electron chi connectivity index (χ4n) is 4.98. The Morgan fingerprint density at radius 3 is 1.18 bits per heavy atom. The molecule has 0 bridgehead atoms. The second-order valence-electron chi connectivity index (χ2n) is 10.6. The van der Waals surface area contributed by atoms with Crippen LogP contribution in [0.1, 0.15) is 25.0 Å². The number of ether oxygens (including phenoxy) is 2. The normalized spacial score (nSPS) is 13.6. The van der Waals surface area contributed by atoms with Gasteiger partial charge in [-0.2, -0.15) is 0 Å². The van der Waals surface area contributed by atoms with Gasteiger partial charge in [0.2, 0.25) is 0 Å². The van der Waals surface area contributed by atoms with Gasteiger partial charge in [-0.3, -0.25) is 9.80 Å². The zero-order valence-electron chi connectivity index (χ0n) is 28.0. The van der Waals surface area contributed by atoms with Gasteiger partial charge < -0.3 is 39.5 Å². The summed E-state index contributed by atoms with van der Waals surface area (Å²) in [5.41, 5.74) is 2.27. The summed E-state index contributed by atoms with van der Waals surface area (Å²) in [6.45, 7) is 10.7. The van der Waals surface area contributed by atoms with E-state index in [0.29, 0.717) is 11.5 Å². The van der Waals surface area contributed by atoms with Crippen molar-refractivity contribution in [2.24, 2.45) is 0 Å². The van der Waals surface area contributed by atoms with Crippen LogP contribution in [-0.4, -0.2) is 84.6 Å². The number of morpholine rings is 2. The van der Waals surface area contributed by atoms with Crippen LogP contribution in [0.15, 0.2) is 72.8 Å². The maximum atomic E-state index is 8.89. The van der Waals surface area contributed by atoms with E-state index in [2.05, 4.69) is 34.1 Å². The molecule has 2 saturated heterocycles. The van der Waals surface area contributed by atoms with Gasteiger partial charge in [-0.05, 0) is 47.5 Å². The van der Waals surface area contributed by atoms with Gasteiger partial charge in [-0.15, -0.1) is 0 Å². The number of hydrogen-bond acceptors (Lipinski definition) is 12. The van der Waals surface area contributed by atoms with Gasteiger partial charge >= 0.3 is 64.6 Å². The zero-order chi connectivity index (χ0) is 37.3. The van der Waals surface area contributed by atoms with Crippen LogP contribution < -0.4 is 10.2 Å². The van der Waals surface area contributed by atoms with Gasteiger partial charge in [0, 0.05) is 63.3 Å². The molecule has 0 atom stereocenters. The van der Waals surface area contributed by atoms with Gasteiger partial charge in [0.05, 0.1) is 37.6 Å². The van der Waals surface area contributed by atoms with Crippen molar-refractivity contribution in [3.05, 3.63) is 83.9 Å². The van der Waals surface area contributed by atoms with Crippen molar-refractivity contribution in [3.63, 3.8) is 0 Å². The number of carboxylic acid groups (broad SMARTS) is 2. The summed E-state index contributed by atoms with van der Waals surface area (Å²) in [6, 6.07) is 24.5. The summed E-state index contributed by atoms with van der Waals surface area (Å²) in [4.78, 5) is 22.5. The molecule has 0 aromatic heterocycles. The van der Waals surface area contributed by atoms with E-state index in [1.54, 1.807) is 0 Å². The van der Waals surface area contributed by atoms with Crippen LogP contribution in [0.5, 0.6) is 11.5 Å². The van der Waals surface area contributed by atoms with Crippen LogP contribution in [0.4, 0.5) is 0 Å². The van der Waals surface area contributed by atoms with Gasteiger partial charge in [0.25, 0.3) is 11.5 Å². The first-order valence-corrected chi connectivity index (χ1v) is 22.2. The van der Waals surface area contributed by atoms with Crippen molar-refractivity contribution in [1.82, 2.24) is 9.80 Å². The molecule has 4 aromatic rings. The molecule has 0 aliphatic carbocycles. The summed E-state index contributed by atoms with van der Waals surface area (Å²) < 4.78 is 45.1. The third-order valence-corrected chi connectivity index (χ3v) is 7.05. The Labute approximate surface area is 319 Å². The summed E-state index contributed by atoms with van der Waals surface area (Å²) in [7, 11) is 0. The Morgan fingerprint density at radius 2 is 0.880 bits per heavy atom. The summed E-state index contributed by atoms with van der Waals surface area (Å²) in [5, 5.41) is 38.9. The first kappa shape index (κ1) is 45.1. The number of fused-ring (bicyclic) bond motifs is 2. The second-order valence-corrected chi connectivity index (χ2v) is 11.9. The molecule has 0 spiro atoms. The minimum absolute atomic E-state index is 0.639. The number of rotatable bonds is 4. The quantitative estimate of drug-likeness (QED) is 0.264. The fraction of sp³-hybridized carbons (Fsp3) is 0.353. The molecule has 2 aliphatic heterocycles. The Bertz CT molecular complexity index is 1570. The molecule has 4 N–H and O–H groups in total. The van der Waals surface area contributed by atoms with Crippen molar-refractivity contribution in [2.45, 2.75) is 26.9 Å². The van der Waals surface area contributed by atoms with E-state index in [1.165, 1.54) is 21.5 Å². The number of nitrogens with zero attached hydrogens (tertiary/aromatic N) is 2. The molecule has 2 aliphatic rings. The number of carbonyl (C=O) groups excluding carboxylic acids is 2. The predicted molar refractivity (Wildman–Crippen MR) is 170 cm³/mol. The van der Waals surface area contributed by atoms with Crippen LogP contribution in [-0.2, 0) is 41.1 Å². The summed E-state index contributed by atoms with van der Waals surface area (Å²) >= 11 is -5.01. The molecule has 0 unspecified atom stereocenters. The van der Waals surface area contributed by atoms with E-state index in [4.69, 9.17) is 48.4 Å². The van der Waals surface area contributed by atoms with Crippen molar-refractivity contribution in [3.8, 4) is 11.5 Å². The van der Waals surface area contributed by atoms with Crippen LogP contribution in [0, 0.1) is 55.6 Å². The number of benzene rings is 4. The predicted octanol–water partition coefficient (Wildman–Crippen LogP) is 1.26. The van der Waals surface area contributed by atoms with Crippen molar-refractivity contribution >= 4 is 33.5 Å². The molecule has 16 heteroatoms. The topological polar surface area (TPSA) is 219 Å². The van der Waals surface area contributed by atoms with E-state index in [1.807, 2.05) is 48.5 Å². The Morgan fingerprint density at radius 1 is 0.600 bits per heavy atom. The molecule has 0 saturated carbocycles. The van der Waals surface area contributed by atoms with Crippen molar-refractivity contribution < 1.29 is 104 Å². The summed E-state index contributed by atoms with van der Waals surface area (Å²) in [5.74, 6) is -0.889. The monoisotopic (exact) mass is 1150 g/mol. The SMILES string of the molecule is CC(=O)[O-].CC(=O)[O-].[OH2+]c1ccc2ccccc2c1CN1CCOCC1.[OH2+]c1ccc2ccccc2c1CN1CCOCC1.[O]=[U+2]=[O].[O]=[U+2]=[O]. The molecular formula is C34H42N2O12U2+4. The molecule has 0 radical (unpaired) electrons. The molecule has 50 heavy (non-hydrogen) atoms. The number of hydrogen-bond donors (Lipinski definition) is 0. The van der Waals surface area contributed by atoms with E-state index < -0.39 is 67.6 Å². The standard InChI is InChI=1S/2C15H17NO2.2C2H4O2.4O.2U/c2*17-15-6-5-12-3-1-2-4-13(12)14(15)11-16-7-9-18-10-8-16;2*1-2(3)4;;;;;;/h2*1-6,17H,7-11H2;2*1H3,(H,3,4);;;;;;/q;;;;;;;;2*+2. The number of carbonyl (C=O) groups is 2. The van der Waals surface area contributed by atoms with Crippen LogP contribution in [0.2, 0.25) is 0 Å². The first-order valence-electron chi connectivity index (χ1n) is 15.4. The van der Waals surface area contributed by atoms with Gasteiger partial charge in [-0.1, -0.05) is 48.5 Å². The second kappa shape index (κ2) is 26.8. The molecule has 2 fully saturated rings. The molecule has 264 valence electrons. The zero-order valence-corrected chi connectivity index (χ0v) is 36.3. The molecule has 14 nitrogen and oxygen atoms in total. The Kier molecular flexibility index (Phi) is 24.2. The third-order valence-electron chi connectivity index (χ3n) is 7.05. The van der Waals surface area contributed by atoms with Gasteiger partial charge in [0.15, 0.2) is 0 Å². The average Bonchev–Trinajstić information content (AvgIpc) is 3.09.